The van der Waals surface area contributed by atoms with Gasteiger partial charge in [0.1, 0.15) is 0 Å². The maximum absolute atomic E-state index is 8.91. The SMILES string of the molecule is CCCCCCC(CCCCCC)CCCCCN(C)CCO. The second kappa shape index (κ2) is 18.3. The monoisotopic (exact) mass is 327 g/mol. The largest absolute Gasteiger partial charge is 0.395 e. The third-order valence-corrected chi connectivity index (χ3v) is 5.07. The van der Waals surface area contributed by atoms with Crippen molar-refractivity contribution in [1.29, 1.82) is 0 Å². The Kier molecular flexibility index (Phi) is 18.2. The van der Waals surface area contributed by atoms with Crippen LogP contribution >= 0.6 is 0 Å². The van der Waals surface area contributed by atoms with Gasteiger partial charge in [0.05, 0.1) is 6.61 Å². The Bertz CT molecular complexity index is 208. The fourth-order valence-corrected chi connectivity index (χ4v) is 3.43. The zero-order valence-electron chi connectivity index (χ0n) is 16.5. The Balaban J connectivity index is 3.76. The van der Waals surface area contributed by atoms with E-state index in [-0.39, 0.29) is 6.61 Å². The van der Waals surface area contributed by atoms with Crippen molar-refractivity contribution in [3.8, 4) is 0 Å². The zero-order chi connectivity index (χ0) is 17.2. The van der Waals surface area contributed by atoms with Crippen LogP contribution in [-0.4, -0.2) is 36.8 Å². The highest BCUT2D eigenvalue weighted by Crippen LogP contribution is 2.23. The summed E-state index contributed by atoms with van der Waals surface area (Å²) in [6.45, 7) is 6.84. The molecule has 0 aliphatic heterocycles. The van der Waals surface area contributed by atoms with Gasteiger partial charge in [-0.15, -0.1) is 0 Å². The Morgan fingerprint density at radius 2 is 1.13 bits per heavy atom. The molecule has 0 unspecified atom stereocenters. The molecule has 0 atom stereocenters. The van der Waals surface area contributed by atoms with Gasteiger partial charge in [-0.05, 0) is 25.9 Å². The van der Waals surface area contributed by atoms with Crippen molar-refractivity contribution in [2.75, 3.05) is 26.7 Å². The van der Waals surface area contributed by atoms with E-state index in [1.807, 2.05) is 0 Å². The summed E-state index contributed by atoms with van der Waals surface area (Å²) in [5, 5.41) is 8.91. The predicted molar refractivity (Wildman–Crippen MR) is 104 cm³/mol. The Morgan fingerprint density at radius 3 is 1.57 bits per heavy atom. The van der Waals surface area contributed by atoms with E-state index in [1.54, 1.807) is 0 Å². The molecule has 0 aromatic rings. The first-order valence-corrected chi connectivity index (χ1v) is 10.5. The van der Waals surface area contributed by atoms with E-state index in [9.17, 15) is 0 Å². The molecule has 0 rings (SSSR count). The van der Waals surface area contributed by atoms with Crippen molar-refractivity contribution in [2.45, 2.75) is 104 Å². The van der Waals surface area contributed by atoms with Crippen LogP contribution in [0.25, 0.3) is 0 Å². The van der Waals surface area contributed by atoms with E-state index in [4.69, 9.17) is 5.11 Å². The number of unbranched alkanes of at least 4 members (excludes halogenated alkanes) is 8. The number of likely N-dealkylation sites (N-methyl/N-ethyl adjacent to an activating group) is 1. The van der Waals surface area contributed by atoms with Crippen molar-refractivity contribution in [2.24, 2.45) is 5.92 Å². The smallest absolute Gasteiger partial charge is 0.0558 e. The first kappa shape index (κ1) is 22.9. The number of aliphatic hydroxyl groups is 1. The lowest BCUT2D eigenvalue weighted by atomic mass is 9.90. The Hall–Kier alpha value is -0.0800. The highest BCUT2D eigenvalue weighted by molar-refractivity contribution is 4.62. The molecule has 0 aromatic carbocycles. The predicted octanol–water partition coefficient (Wildman–Crippen LogP) is 6.03. The van der Waals surface area contributed by atoms with Gasteiger partial charge < -0.3 is 10.0 Å². The summed E-state index contributed by atoms with van der Waals surface area (Å²) in [7, 11) is 2.11. The molecule has 0 bridgehead atoms. The zero-order valence-corrected chi connectivity index (χ0v) is 16.5. The standard InChI is InChI=1S/C21H45NO/c1-4-6-8-11-15-21(16-12-9-7-5-2)17-13-10-14-18-22(3)19-20-23/h21,23H,4-20H2,1-3H3. The van der Waals surface area contributed by atoms with Gasteiger partial charge in [-0.3, -0.25) is 0 Å². The fourth-order valence-electron chi connectivity index (χ4n) is 3.43. The molecule has 0 saturated carbocycles. The normalized spacial score (nSPS) is 11.7. The minimum absolute atomic E-state index is 0.286. The van der Waals surface area contributed by atoms with Crippen LogP contribution in [0.2, 0.25) is 0 Å². The summed E-state index contributed by atoms with van der Waals surface area (Å²) < 4.78 is 0. The summed E-state index contributed by atoms with van der Waals surface area (Å²) in [4.78, 5) is 2.24. The first-order valence-electron chi connectivity index (χ1n) is 10.5. The summed E-state index contributed by atoms with van der Waals surface area (Å²) >= 11 is 0. The van der Waals surface area contributed by atoms with Crippen LogP contribution in [0.5, 0.6) is 0 Å². The van der Waals surface area contributed by atoms with Gasteiger partial charge in [0.25, 0.3) is 0 Å². The number of rotatable bonds is 18. The van der Waals surface area contributed by atoms with Gasteiger partial charge in [0.15, 0.2) is 0 Å². The molecule has 0 fully saturated rings. The molecule has 0 amide bonds. The van der Waals surface area contributed by atoms with Crippen LogP contribution in [0.3, 0.4) is 0 Å². The van der Waals surface area contributed by atoms with Crippen molar-refractivity contribution in [3.05, 3.63) is 0 Å². The van der Waals surface area contributed by atoms with Crippen molar-refractivity contribution < 1.29 is 5.11 Å². The lowest BCUT2D eigenvalue weighted by Crippen LogP contribution is -2.23. The second-order valence-corrected chi connectivity index (χ2v) is 7.44. The molecule has 0 aliphatic carbocycles. The minimum atomic E-state index is 0.286. The molecule has 1 N–H and O–H groups in total. The van der Waals surface area contributed by atoms with Gasteiger partial charge in [-0.1, -0.05) is 97.3 Å². The third-order valence-electron chi connectivity index (χ3n) is 5.07. The van der Waals surface area contributed by atoms with Crippen LogP contribution in [0.4, 0.5) is 0 Å². The van der Waals surface area contributed by atoms with E-state index in [0.29, 0.717) is 0 Å². The molecule has 0 radical (unpaired) electrons. The van der Waals surface area contributed by atoms with E-state index in [2.05, 4.69) is 25.8 Å². The molecule has 2 nitrogen and oxygen atoms in total. The highest BCUT2D eigenvalue weighted by atomic mass is 16.3. The molecule has 0 heterocycles. The third kappa shape index (κ3) is 16.6. The van der Waals surface area contributed by atoms with Gasteiger partial charge in [0, 0.05) is 6.54 Å². The van der Waals surface area contributed by atoms with Gasteiger partial charge in [0.2, 0.25) is 0 Å². The van der Waals surface area contributed by atoms with Crippen molar-refractivity contribution in [1.82, 2.24) is 4.90 Å². The van der Waals surface area contributed by atoms with E-state index < -0.39 is 0 Å². The Labute approximate surface area is 147 Å². The number of hydrogen-bond acceptors (Lipinski definition) is 2. The lowest BCUT2D eigenvalue weighted by Gasteiger charge is -2.18. The van der Waals surface area contributed by atoms with Gasteiger partial charge in [-0.25, -0.2) is 0 Å². The Morgan fingerprint density at radius 1 is 0.652 bits per heavy atom. The number of nitrogens with zero attached hydrogens (tertiary/aromatic N) is 1. The maximum atomic E-state index is 8.91. The average Bonchev–Trinajstić information content (AvgIpc) is 2.54. The molecule has 0 spiro atoms. The molecule has 23 heavy (non-hydrogen) atoms. The lowest BCUT2D eigenvalue weighted by molar-refractivity contribution is 0.218. The average molecular weight is 328 g/mol. The molecule has 140 valence electrons. The molecular weight excluding hydrogens is 282 g/mol. The quantitative estimate of drug-likeness (QED) is 0.311. The van der Waals surface area contributed by atoms with Crippen LogP contribution in [0, 0.1) is 5.92 Å². The first-order chi connectivity index (χ1) is 11.2. The minimum Gasteiger partial charge on any atom is -0.395 e. The highest BCUT2D eigenvalue weighted by Gasteiger charge is 2.08. The topological polar surface area (TPSA) is 23.5 Å². The number of hydrogen-bond donors (Lipinski definition) is 1. The van der Waals surface area contributed by atoms with E-state index >= 15 is 0 Å². The number of aliphatic hydroxyl groups excluding tert-OH is 1. The molecular formula is C21H45NO. The van der Waals surface area contributed by atoms with Crippen molar-refractivity contribution in [3.63, 3.8) is 0 Å². The summed E-state index contributed by atoms with van der Waals surface area (Å²) in [6.07, 6.45) is 19.7. The summed E-state index contributed by atoms with van der Waals surface area (Å²) in [5.41, 5.74) is 0. The molecule has 0 aliphatic rings. The molecule has 0 aromatic heterocycles. The second-order valence-electron chi connectivity index (χ2n) is 7.44. The van der Waals surface area contributed by atoms with Gasteiger partial charge in [-0.2, -0.15) is 0 Å². The van der Waals surface area contributed by atoms with E-state index in [1.165, 1.54) is 89.9 Å². The van der Waals surface area contributed by atoms with Crippen LogP contribution in [0.1, 0.15) is 104 Å². The summed E-state index contributed by atoms with van der Waals surface area (Å²) in [5.74, 6) is 0.985. The fraction of sp³-hybridized carbons (Fsp3) is 1.00. The van der Waals surface area contributed by atoms with Crippen molar-refractivity contribution >= 4 is 0 Å². The van der Waals surface area contributed by atoms with Gasteiger partial charge >= 0.3 is 0 Å². The van der Waals surface area contributed by atoms with Crippen LogP contribution in [0.15, 0.2) is 0 Å². The summed E-state index contributed by atoms with van der Waals surface area (Å²) in [6, 6.07) is 0. The van der Waals surface area contributed by atoms with Crippen LogP contribution in [-0.2, 0) is 0 Å². The van der Waals surface area contributed by atoms with E-state index in [0.717, 1.165) is 19.0 Å². The molecule has 2 heteroatoms. The van der Waals surface area contributed by atoms with Crippen LogP contribution < -0.4 is 0 Å². The molecule has 0 saturated heterocycles. The maximum Gasteiger partial charge on any atom is 0.0558 e.